The Kier molecular flexibility index (Phi) is 5.35. The highest BCUT2D eigenvalue weighted by Gasteiger charge is 1.98. The predicted octanol–water partition coefficient (Wildman–Crippen LogP) is -2.95. The number of allylic oxidation sites excluding steroid dienone is 4. The molecule has 0 saturated heterocycles. The molecule has 2 N–H and O–H groups in total. The van der Waals surface area contributed by atoms with Gasteiger partial charge < -0.3 is 5.32 Å². The van der Waals surface area contributed by atoms with Crippen molar-refractivity contribution in [2.24, 2.45) is 0 Å². The zero-order valence-electron chi connectivity index (χ0n) is 6.01. The molecule has 0 aromatic heterocycles. The van der Waals surface area contributed by atoms with Gasteiger partial charge in [0.15, 0.2) is 0 Å². The summed E-state index contributed by atoms with van der Waals surface area (Å²) in [6.45, 7) is 0. The maximum atomic E-state index is 8.60. The molecule has 5 nitrogen and oxygen atoms in total. The van der Waals surface area contributed by atoms with Crippen molar-refractivity contribution in [2.45, 2.75) is 0 Å². The van der Waals surface area contributed by atoms with Crippen LogP contribution in [0, 0.1) is 10.2 Å². The second-order valence-corrected chi connectivity index (χ2v) is 2.46. The van der Waals surface area contributed by atoms with Crippen LogP contribution in [0.1, 0.15) is 0 Å². The summed E-state index contributed by atoms with van der Waals surface area (Å²) in [7, 11) is -4.69. The van der Waals surface area contributed by atoms with Crippen LogP contribution >= 0.6 is 0 Å². The fourth-order valence-electron chi connectivity index (χ4n) is 0.406. The van der Waals surface area contributed by atoms with Crippen LogP contribution in [0.4, 0.5) is 0 Å². The van der Waals surface area contributed by atoms with Gasteiger partial charge in [-0.2, -0.15) is 14.0 Å². The lowest BCUT2D eigenvalue weighted by Crippen LogP contribution is -2.58. The van der Waals surface area contributed by atoms with E-state index in [2.05, 4.69) is 5.32 Å². The highest BCUT2D eigenvalue weighted by molar-refractivity contribution is 5.14. The number of hydrogen-bond acceptors (Lipinski definition) is 5. The Hall–Kier alpha value is -0.850. The molecule has 12 heavy (non-hydrogen) atoms. The van der Waals surface area contributed by atoms with Gasteiger partial charge in [-0.25, -0.2) is 0 Å². The predicted molar refractivity (Wildman–Crippen MR) is 32.8 cm³/mol. The molecule has 0 aliphatic carbocycles. The smallest absolute Gasteiger partial charge is 0.0777 e. The van der Waals surface area contributed by atoms with Crippen molar-refractivity contribution in [2.75, 3.05) is 0 Å². The van der Waals surface area contributed by atoms with Crippen LogP contribution in [0.25, 0.3) is 0 Å². The van der Waals surface area contributed by atoms with E-state index in [1.165, 1.54) is 0 Å². The first-order valence-electron chi connectivity index (χ1n) is 2.88. The summed E-state index contributed by atoms with van der Waals surface area (Å²) in [6.07, 6.45) is 11.6. The highest BCUT2D eigenvalue weighted by atomic mass is 35.7. The first-order valence-corrected chi connectivity index (χ1v) is 4.14. The van der Waals surface area contributed by atoms with E-state index in [1.54, 1.807) is 0 Å². The van der Waals surface area contributed by atoms with Gasteiger partial charge in [-0.15, -0.1) is 0 Å². The van der Waals surface area contributed by atoms with E-state index in [9.17, 15) is 0 Å². The monoisotopic (exact) mass is 193 g/mol. The molecule has 1 aliphatic rings. The fraction of sp³-hybridized carbons (Fsp3) is 0. The minimum Gasteiger partial charge on any atom is -0.368 e. The van der Waals surface area contributed by atoms with Gasteiger partial charge in [0, 0.05) is 12.4 Å². The van der Waals surface area contributed by atoms with Crippen molar-refractivity contribution in [1.82, 2.24) is 5.32 Å². The van der Waals surface area contributed by atoms with Crippen molar-refractivity contribution in [3.63, 3.8) is 0 Å². The molecule has 0 unspecified atom stereocenters. The van der Waals surface area contributed by atoms with E-state index in [-0.39, 0.29) is 0 Å². The Labute approximate surface area is 71.7 Å². The summed E-state index contributed by atoms with van der Waals surface area (Å²) in [5.41, 5.74) is 0. The third-order valence-corrected chi connectivity index (χ3v) is 0.718. The molecule has 0 amide bonds. The van der Waals surface area contributed by atoms with Gasteiger partial charge >= 0.3 is 0 Å². The van der Waals surface area contributed by atoms with Crippen LogP contribution < -0.4 is 19.3 Å². The van der Waals surface area contributed by atoms with E-state index < -0.39 is 10.2 Å². The zero-order valence-corrected chi connectivity index (χ0v) is 6.77. The van der Waals surface area contributed by atoms with E-state index in [4.69, 9.17) is 18.6 Å². The van der Waals surface area contributed by atoms with Crippen LogP contribution in [-0.2, 0) is 0 Å². The molecular weight excluding hydrogens is 186 g/mol. The standard InChI is InChI=1S/C6H7N.ClHO4/c1-2-4-6-7-5-3-1;2-1(3,4)5/h1-7H;(H,2,3,4,5). The van der Waals surface area contributed by atoms with E-state index in [0.717, 1.165) is 0 Å². The molecule has 1 heterocycles. The first kappa shape index (κ1) is 11.2. The lowest BCUT2D eigenvalue weighted by atomic mass is 10.5. The summed E-state index contributed by atoms with van der Waals surface area (Å²) in [5, 5.41) is 2.92. The summed E-state index contributed by atoms with van der Waals surface area (Å²) in [5.74, 6) is 0. The zero-order chi connectivity index (χ0) is 9.45. The molecular formula is C6H8ClNO4. The molecule has 0 aromatic rings. The molecule has 68 valence electrons. The summed E-state index contributed by atoms with van der Waals surface area (Å²) < 4.78 is 32.7. The highest BCUT2D eigenvalue weighted by Crippen LogP contribution is 1.81. The van der Waals surface area contributed by atoms with Crippen LogP contribution in [0.15, 0.2) is 36.7 Å². The van der Waals surface area contributed by atoms with Gasteiger partial charge in [-0.05, 0) is 12.2 Å². The largest absolute Gasteiger partial charge is 0.368 e. The molecule has 0 aromatic carbocycles. The second-order valence-electron chi connectivity index (χ2n) is 1.67. The van der Waals surface area contributed by atoms with Crippen molar-refractivity contribution >= 4 is 0 Å². The van der Waals surface area contributed by atoms with Crippen molar-refractivity contribution in [3.8, 4) is 0 Å². The van der Waals surface area contributed by atoms with Gasteiger partial charge in [0.1, 0.15) is 0 Å². The van der Waals surface area contributed by atoms with E-state index in [0.29, 0.717) is 0 Å². The molecule has 0 fully saturated rings. The summed E-state index contributed by atoms with van der Waals surface area (Å²) in [6, 6.07) is 0. The minimum absolute atomic E-state index is 1.88. The van der Waals surface area contributed by atoms with Gasteiger partial charge in [0.2, 0.25) is 0 Å². The molecule has 0 atom stereocenters. The normalized spacial score (nSPS) is 14.3. The molecule has 0 spiro atoms. The molecule has 0 saturated carbocycles. The average Bonchev–Trinajstić information content (AvgIpc) is 2.10. The molecule has 1 aliphatic heterocycles. The SMILES string of the molecule is C1=CC=CNC=C1.[O-][Cl+3]([O-])([O-])O. The van der Waals surface area contributed by atoms with Gasteiger partial charge in [-0.3, -0.25) is 0 Å². The fourth-order valence-corrected chi connectivity index (χ4v) is 0.406. The van der Waals surface area contributed by atoms with Crippen molar-refractivity contribution in [1.29, 1.82) is 0 Å². The van der Waals surface area contributed by atoms with Crippen molar-refractivity contribution < 1.29 is 28.9 Å². The van der Waals surface area contributed by atoms with E-state index >= 15 is 0 Å². The van der Waals surface area contributed by atoms with E-state index in [1.807, 2.05) is 36.7 Å². The third kappa shape index (κ3) is 16.1. The van der Waals surface area contributed by atoms with Gasteiger partial charge in [0.05, 0.1) is 14.9 Å². The third-order valence-electron chi connectivity index (χ3n) is 0.718. The number of halogens is 1. The lowest BCUT2D eigenvalue weighted by Gasteiger charge is -2.03. The summed E-state index contributed by atoms with van der Waals surface area (Å²) in [4.78, 5) is 0. The summed E-state index contributed by atoms with van der Waals surface area (Å²) >= 11 is 0. The maximum Gasteiger partial charge on any atom is 0.0777 e. The van der Waals surface area contributed by atoms with Crippen molar-refractivity contribution in [3.05, 3.63) is 36.7 Å². The lowest BCUT2D eigenvalue weighted by molar-refractivity contribution is -1.92. The average molecular weight is 194 g/mol. The number of nitrogens with one attached hydrogen (secondary N) is 1. The van der Waals surface area contributed by atoms with Crippen LogP contribution in [0.2, 0.25) is 0 Å². The van der Waals surface area contributed by atoms with Crippen LogP contribution in [0.3, 0.4) is 0 Å². The molecule has 1 rings (SSSR count). The maximum absolute atomic E-state index is 8.60. The first-order chi connectivity index (χ1) is 5.50. The number of rotatable bonds is 0. The topological polar surface area (TPSA) is 101 Å². The van der Waals surface area contributed by atoms with Gasteiger partial charge in [0.25, 0.3) is 0 Å². The van der Waals surface area contributed by atoms with Crippen LogP contribution in [0.5, 0.6) is 0 Å². The Morgan fingerprint density at radius 2 is 1.25 bits per heavy atom. The minimum atomic E-state index is -4.69. The van der Waals surface area contributed by atoms with Crippen LogP contribution in [-0.4, -0.2) is 4.66 Å². The Morgan fingerprint density at radius 1 is 0.917 bits per heavy atom. The molecule has 0 bridgehead atoms. The molecule has 0 radical (unpaired) electrons. The quantitative estimate of drug-likeness (QED) is 0.428. The Morgan fingerprint density at radius 3 is 1.58 bits per heavy atom. The van der Waals surface area contributed by atoms with Gasteiger partial charge in [-0.1, -0.05) is 12.2 Å². The Bertz CT molecular complexity index is 174. The molecule has 6 heteroatoms. The Balaban J connectivity index is 0.000000217. The number of hydrogen-bond donors (Lipinski definition) is 2. The second kappa shape index (κ2) is 5.76.